The number of hydrogen-bond acceptors (Lipinski definition) is 5. The molecule has 1 aromatic heterocycles. The lowest BCUT2D eigenvalue weighted by Crippen LogP contribution is -2.47. The summed E-state index contributed by atoms with van der Waals surface area (Å²) in [5, 5.41) is 23.6. The maximum atomic E-state index is 11.5. The minimum absolute atomic E-state index is 0.0964. The molecular weight excluding hydrogens is 260 g/mol. The van der Waals surface area contributed by atoms with E-state index in [2.05, 4.69) is 10.3 Å². The first kappa shape index (κ1) is 12.7. The fourth-order valence-corrected chi connectivity index (χ4v) is 2.37. The third-order valence-corrected chi connectivity index (χ3v) is 3.54. The number of rotatable bonds is 3. The summed E-state index contributed by atoms with van der Waals surface area (Å²) in [4.78, 5) is 15.7. The van der Waals surface area contributed by atoms with Crippen molar-refractivity contribution in [2.24, 2.45) is 0 Å². The number of phenols is 1. The second-order valence-corrected chi connectivity index (χ2v) is 4.88. The number of pyridine rings is 1. The fraction of sp³-hybridized carbons (Fsp3) is 0.286. The minimum Gasteiger partial charge on any atom is -0.508 e. The number of ether oxygens (including phenoxy) is 1. The molecule has 1 fully saturated rings. The number of aromatic nitrogens is 1. The molecule has 3 N–H and O–H groups in total. The third-order valence-electron chi connectivity index (χ3n) is 3.54. The molecule has 0 bridgehead atoms. The number of phenolic OH excluding ortho intramolecular Hbond substituents is 1. The van der Waals surface area contributed by atoms with Gasteiger partial charge in [0, 0.05) is 24.6 Å². The topological polar surface area (TPSA) is 91.7 Å². The van der Waals surface area contributed by atoms with Crippen molar-refractivity contribution in [3.8, 4) is 5.75 Å². The second kappa shape index (κ2) is 4.64. The molecule has 104 valence electrons. The van der Waals surface area contributed by atoms with Crippen LogP contribution in [-0.2, 0) is 9.53 Å². The van der Waals surface area contributed by atoms with Crippen molar-refractivity contribution in [2.45, 2.75) is 12.0 Å². The van der Waals surface area contributed by atoms with E-state index in [9.17, 15) is 15.0 Å². The number of aromatic hydroxyl groups is 1. The van der Waals surface area contributed by atoms with Crippen molar-refractivity contribution < 1.29 is 19.7 Å². The Kier molecular flexibility index (Phi) is 2.94. The smallest absolute Gasteiger partial charge is 0.331 e. The van der Waals surface area contributed by atoms with Crippen LogP contribution in [0.4, 0.5) is 5.82 Å². The quantitative estimate of drug-likeness (QED) is 0.787. The summed E-state index contributed by atoms with van der Waals surface area (Å²) in [7, 11) is 0. The van der Waals surface area contributed by atoms with Gasteiger partial charge in [-0.2, -0.15) is 0 Å². The first-order valence-electron chi connectivity index (χ1n) is 6.28. The number of anilines is 1. The van der Waals surface area contributed by atoms with Gasteiger partial charge < -0.3 is 20.3 Å². The van der Waals surface area contributed by atoms with Crippen LogP contribution in [0.15, 0.2) is 30.5 Å². The van der Waals surface area contributed by atoms with Gasteiger partial charge >= 0.3 is 5.97 Å². The molecule has 0 aliphatic carbocycles. The summed E-state index contributed by atoms with van der Waals surface area (Å²) >= 11 is 0. The highest BCUT2D eigenvalue weighted by Crippen LogP contribution is 2.30. The molecule has 2 heterocycles. The number of hydrogen-bond donors (Lipinski definition) is 3. The van der Waals surface area contributed by atoms with Gasteiger partial charge in [-0.15, -0.1) is 0 Å². The highest BCUT2D eigenvalue weighted by molar-refractivity contribution is 5.95. The molecule has 1 unspecified atom stereocenters. The number of carboxylic acids is 1. The number of nitrogens with zero attached hydrogens (tertiary/aromatic N) is 1. The second-order valence-electron chi connectivity index (χ2n) is 4.88. The average molecular weight is 274 g/mol. The molecule has 1 aromatic carbocycles. The summed E-state index contributed by atoms with van der Waals surface area (Å²) in [6.45, 7) is 0.495. The van der Waals surface area contributed by atoms with Gasteiger partial charge in [-0.05, 0) is 23.6 Å². The minimum atomic E-state index is -1.16. The molecule has 1 saturated heterocycles. The van der Waals surface area contributed by atoms with Crippen LogP contribution < -0.4 is 5.32 Å². The zero-order valence-electron chi connectivity index (χ0n) is 10.7. The van der Waals surface area contributed by atoms with Crippen molar-refractivity contribution in [3.05, 3.63) is 30.5 Å². The van der Waals surface area contributed by atoms with Crippen LogP contribution in [-0.4, -0.2) is 39.9 Å². The Morgan fingerprint density at radius 3 is 2.95 bits per heavy atom. The Morgan fingerprint density at radius 2 is 2.25 bits per heavy atom. The van der Waals surface area contributed by atoms with Crippen LogP contribution in [0.5, 0.6) is 5.75 Å². The van der Waals surface area contributed by atoms with Crippen molar-refractivity contribution in [1.82, 2.24) is 4.98 Å². The lowest BCUT2D eigenvalue weighted by molar-refractivity contribution is -0.142. The maximum absolute atomic E-state index is 11.5. The predicted octanol–water partition coefficient (Wildman–Crippen LogP) is 1.60. The largest absolute Gasteiger partial charge is 0.508 e. The number of carboxylic acid groups (broad SMARTS) is 1. The molecule has 1 aliphatic rings. The highest BCUT2D eigenvalue weighted by Gasteiger charge is 2.43. The number of fused-ring (bicyclic) bond motifs is 1. The zero-order chi connectivity index (χ0) is 14.2. The Morgan fingerprint density at radius 1 is 1.40 bits per heavy atom. The summed E-state index contributed by atoms with van der Waals surface area (Å²) in [5.74, 6) is -0.416. The standard InChI is InChI=1S/C14H14N2O4/c17-10-2-1-9-3-5-15-12(11(9)7-10)16-14(13(18)19)4-6-20-8-14/h1-3,5,7,17H,4,6,8H2,(H,15,16)(H,18,19). The first-order valence-corrected chi connectivity index (χ1v) is 6.28. The van der Waals surface area contributed by atoms with Gasteiger partial charge in [0.25, 0.3) is 0 Å². The summed E-state index contributed by atoms with van der Waals surface area (Å²) in [5.41, 5.74) is -1.16. The normalized spacial score (nSPS) is 22.0. The van der Waals surface area contributed by atoms with E-state index >= 15 is 0 Å². The van der Waals surface area contributed by atoms with E-state index in [0.717, 1.165) is 5.39 Å². The molecule has 0 spiro atoms. The van der Waals surface area contributed by atoms with Crippen LogP contribution in [0, 0.1) is 0 Å². The molecule has 0 radical (unpaired) electrons. The van der Waals surface area contributed by atoms with E-state index in [0.29, 0.717) is 24.2 Å². The van der Waals surface area contributed by atoms with E-state index in [1.807, 2.05) is 0 Å². The molecule has 6 heteroatoms. The van der Waals surface area contributed by atoms with Gasteiger partial charge in [0.15, 0.2) is 5.54 Å². The maximum Gasteiger partial charge on any atom is 0.331 e. The van der Waals surface area contributed by atoms with Crippen molar-refractivity contribution in [2.75, 3.05) is 18.5 Å². The Labute approximate surface area is 115 Å². The lowest BCUT2D eigenvalue weighted by Gasteiger charge is -2.25. The van der Waals surface area contributed by atoms with Crippen molar-refractivity contribution in [3.63, 3.8) is 0 Å². The summed E-state index contributed by atoms with van der Waals surface area (Å²) < 4.78 is 5.21. The predicted molar refractivity (Wildman–Crippen MR) is 72.8 cm³/mol. The molecule has 0 amide bonds. The van der Waals surface area contributed by atoms with E-state index in [4.69, 9.17) is 4.74 Å². The SMILES string of the molecule is O=C(O)C1(Nc2nccc3ccc(O)cc23)CCOC1. The van der Waals surface area contributed by atoms with Crippen LogP contribution in [0.1, 0.15) is 6.42 Å². The lowest BCUT2D eigenvalue weighted by atomic mass is 9.98. The molecule has 1 aliphatic heterocycles. The Balaban J connectivity index is 2.06. The van der Waals surface area contributed by atoms with Crippen LogP contribution in [0.3, 0.4) is 0 Å². The van der Waals surface area contributed by atoms with E-state index < -0.39 is 11.5 Å². The van der Waals surface area contributed by atoms with E-state index in [1.54, 1.807) is 30.5 Å². The Bertz CT molecular complexity index is 665. The van der Waals surface area contributed by atoms with Crippen LogP contribution >= 0.6 is 0 Å². The number of nitrogens with one attached hydrogen (secondary N) is 1. The van der Waals surface area contributed by atoms with Crippen LogP contribution in [0.25, 0.3) is 10.8 Å². The number of benzene rings is 1. The average Bonchev–Trinajstić information content (AvgIpc) is 2.89. The molecule has 6 nitrogen and oxygen atoms in total. The van der Waals surface area contributed by atoms with Crippen molar-refractivity contribution in [1.29, 1.82) is 0 Å². The van der Waals surface area contributed by atoms with Gasteiger partial charge in [0.1, 0.15) is 11.6 Å². The fourth-order valence-electron chi connectivity index (χ4n) is 2.37. The van der Waals surface area contributed by atoms with Gasteiger partial charge in [0.05, 0.1) is 6.61 Å². The first-order chi connectivity index (χ1) is 9.61. The molecule has 3 rings (SSSR count). The third kappa shape index (κ3) is 2.04. The van der Waals surface area contributed by atoms with Gasteiger partial charge in [-0.3, -0.25) is 0 Å². The van der Waals surface area contributed by atoms with Gasteiger partial charge in [-0.1, -0.05) is 6.07 Å². The van der Waals surface area contributed by atoms with E-state index in [-0.39, 0.29) is 12.4 Å². The molecule has 20 heavy (non-hydrogen) atoms. The zero-order valence-corrected chi connectivity index (χ0v) is 10.7. The highest BCUT2D eigenvalue weighted by atomic mass is 16.5. The van der Waals surface area contributed by atoms with E-state index in [1.165, 1.54) is 0 Å². The van der Waals surface area contributed by atoms with Crippen molar-refractivity contribution >= 4 is 22.6 Å². The monoisotopic (exact) mass is 274 g/mol. The molecule has 0 saturated carbocycles. The number of carbonyl (C=O) groups is 1. The van der Waals surface area contributed by atoms with Crippen LogP contribution in [0.2, 0.25) is 0 Å². The Hall–Kier alpha value is -2.34. The van der Waals surface area contributed by atoms with Gasteiger partial charge in [-0.25, -0.2) is 9.78 Å². The molecular formula is C14H14N2O4. The number of aliphatic carboxylic acids is 1. The molecule has 2 aromatic rings. The summed E-state index contributed by atoms with van der Waals surface area (Å²) in [6, 6.07) is 6.71. The molecule has 1 atom stereocenters. The summed E-state index contributed by atoms with van der Waals surface area (Å²) in [6.07, 6.45) is 1.98. The van der Waals surface area contributed by atoms with Gasteiger partial charge in [0.2, 0.25) is 0 Å².